The summed E-state index contributed by atoms with van der Waals surface area (Å²) in [5.74, 6) is -1.47. The zero-order chi connectivity index (χ0) is 20.8. The number of aldehydes is 1. The van der Waals surface area contributed by atoms with E-state index in [1.807, 2.05) is 38.1 Å². The molecule has 2 rings (SSSR count). The standard InChI is InChI=1S/C22H28N2O4/c1-5-15-10-17-19(23)7-6-8-20(17)24-22(15)13(2)9-16(21(27)11-25)18(12-28-4)14(3)26/h6-11,16,18,21,27H,5,12,23H2,1-4H3/b13-9+. The molecule has 0 amide bonds. The quantitative estimate of drug-likeness (QED) is 0.509. The number of aliphatic hydroxyl groups excluding tert-OH is 1. The highest BCUT2D eigenvalue weighted by Gasteiger charge is 2.30. The number of aryl methyl sites for hydroxylation is 1. The first kappa shape index (κ1) is 21.7. The highest BCUT2D eigenvalue weighted by molar-refractivity contribution is 5.92. The Hall–Kier alpha value is -2.57. The minimum absolute atomic E-state index is 0.122. The second-order valence-corrected chi connectivity index (χ2v) is 6.99. The van der Waals surface area contributed by atoms with Crippen molar-refractivity contribution < 1.29 is 19.4 Å². The van der Waals surface area contributed by atoms with E-state index in [-0.39, 0.29) is 12.4 Å². The largest absolute Gasteiger partial charge is 0.398 e. The number of methoxy groups -OCH3 is 1. The van der Waals surface area contributed by atoms with E-state index >= 15 is 0 Å². The molecule has 0 saturated heterocycles. The first-order valence-electron chi connectivity index (χ1n) is 9.33. The van der Waals surface area contributed by atoms with Crippen LogP contribution in [0.4, 0.5) is 5.69 Å². The molecule has 0 aliphatic heterocycles. The molecule has 28 heavy (non-hydrogen) atoms. The summed E-state index contributed by atoms with van der Waals surface area (Å²) >= 11 is 0. The molecular weight excluding hydrogens is 356 g/mol. The first-order chi connectivity index (χ1) is 13.3. The number of fused-ring (bicyclic) bond motifs is 1. The fourth-order valence-electron chi connectivity index (χ4n) is 3.46. The molecule has 0 aliphatic carbocycles. The molecule has 1 aromatic carbocycles. The third-order valence-corrected chi connectivity index (χ3v) is 5.04. The summed E-state index contributed by atoms with van der Waals surface area (Å²) in [6.07, 6.45) is 1.64. The number of Topliss-reactive ketones (excluding diaryl/α,β-unsaturated/α-hetero) is 1. The monoisotopic (exact) mass is 384 g/mol. The van der Waals surface area contributed by atoms with Crippen LogP contribution in [0, 0.1) is 11.8 Å². The summed E-state index contributed by atoms with van der Waals surface area (Å²) in [6, 6.07) is 7.60. The Bertz CT molecular complexity index is 891. The fraction of sp³-hybridized carbons (Fsp3) is 0.409. The van der Waals surface area contributed by atoms with Crippen molar-refractivity contribution in [2.75, 3.05) is 19.5 Å². The number of benzene rings is 1. The number of hydrogen-bond donors (Lipinski definition) is 2. The molecule has 3 unspecified atom stereocenters. The van der Waals surface area contributed by atoms with Crippen LogP contribution in [0.3, 0.4) is 0 Å². The molecule has 0 saturated carbocycles. The molecule has 1 heterocycles. The van der Waals surface area contributed by atoms with E-state index in [9.17, 15) is 14.7 Å². The third-order valence-electron chi connectivity index (χ3n) is 5.04. The number of ether oxygens (including phenoxy) is 1. The van der Waals surface area contributed by atoms with Crippen molar-refractivity contribution in [1.29, 1.82) is 0 Å². The minimum atomic E-state index is -1.31. The lowest BCUT2D eigenvalue weighted by Crippen LogP contribution is -2.34. The molecule has 6 nitrogen and oxygen atoms in total. The fourth-order valence-corrected chi connectivity index (χ4v) is 3.46. The molecule has 0 radical (unpaired) electrons. The van der Waals surface area contributed by atoms with Crippen LogP contribution < -0.4 is 5.73 Å². The second kappa shape index (κ2) is 9.57. The summed E-state index contributed by atoms with van der Waals surface area (Å²) in [7, 11) is 1.49. The van der Waals surface area contributed by atoms with E-state index in [0.717, 1.165) is 34.2 Å². The van der Waals surface area contributed by atoms with Crippen LogP contribution >= 0.6 is 0 Å². The molecule has 0 spiro atoms. The van der Waals surface area contributed by atoms with Gasteiger partial charge in [-0.05, 0) is 49.6 Å². The van der Waals surface area contributed by atoms with Crippen LogP contribution in [0.5, 0.6) is 0 Å². The molecule has 3 N–H and O–H groups in total. The molecule has 150 valence electrons. The number of carbonyl (C=O) groups is 2. The smallest absolute Gasteiger partial charge is 0.149 e. The highest BCUT2D eigenvalue weighted by Crippen LogP contribution is 2.29. The zero-order valence-corrected chi connectivity index (χ0v) is 16.8. The van der Waals surface area contributed by atoms with Crippen molar-refractivity contribution >= 4 is 34.2 Å². The minimum Gasteiger partial charge on any atom is -0.398 e. The summed E-state index contributed by atoms with van der Waals surface area (Å²) in [5.41, 5.74) is 10.1. The number of allylic oxidation sites excluding steroid dienone is 1. The molecule has 1 aromatic heterocycles. The molecule has 3 atom stereocenters. The van der Waals surface area contributed by atoms with Crippen molar-refractivity contribution in [2.24, 2.45) is 11.8 Å². The van der Waals surface area contributed by atoms with Gasteiger partial charge in [0.25, 0.3) is 0 Å². The first-order valence-corrected chi connectivity index (χ1v) is 9.33. The number of hydrogen-bond acceptors (Lipinski definition) is 6. The molecular formula is C22H28N2O4. The van der Waals surface area contributed by atoms with E-state index in [0.29, 0.717) is 12.0 Å². The van der Waals surface area contributed by atoms with Gasteiger partial charge in [-0.3, -0.25) is 4.79 Å². The number of rotatable bonds is 9. The van der Waals surface area contributed by atoms with Crippen LogP contribution in [-0.4, -0.2) is 42.0 Å². The van der Waals surface area contributed by atoms with E-state index in [1.165, 1.54) is 14.0 Å². The van der Waals surface area contributed by atoms with Gasteiger partial charge in [-0.1, -0.05) is 19.1 Å². The van der Waals surface area contributed by atoms with Crippen LogP contribution in [0.1, 0.15) is 32.0 Å². The maximum Gasteiger partial charge on any atom is 0.149 e. The molecule has 0 aliphatic rings. The van der Waals surface area contributed by atoms with Gasteiger partial charge in [-0.15, -0.1) is 0 Å². The Morgan fingerprint density at radius 1 is 1.36 bits per heavy atom. The van der Waals surface area contributed by atoms with Gasteiger partial charge in [0.1, 0.15) is 18.2 Å². The van der Waals surface area contributed by atoms with Crippen LogP contribution in [-0.2, 0) is 20.7 Å². The lowest BCUT2D eigenvalue weighted by atomic mass is 9.83. The summed E-state index contributed by atoms with van der Waals surface area (Å²) in [4.78, 5) is 28.1. The van der Waals surface area contributed by atoms with E-state index in [2.05, 4.69) is 0 Å². The van der Waals surface area contributed by atoms with E-state index < -0.39 is 17.9 Å². The Morgan fingerprint density at radius 3 is 2.64 bits per heavy atom. The number of carbonyl (C=O) groups excluding carboxylic acids is 2. The van der Waals surface area contributed by atoms with Gasteiger partial charge in [0.2, 0.25) is 0 Å². The predicted octanol–water partition coefficient (Wildman–Crippen LogP) is 2.81. The van der Waals surface area contributed by atoms with Gasteiger partial charge in [0.15, 0.2) is 0 Å². The molecule has 2 aromatic rings. The van der Waals surface area contributed by atoms with Crippen LogP contribution in [0.15, 0.2) is 30.3 Å². The highest BCUT2D eigenvalue weighted by atomic mass is 16.5. The van der Waals surface area contributed by atoms with Crippen molar-refractivity contribution in [2.45, 2.75) is 33.3 Å². The lowest BCUT2D eigenvalue weighted by Gasteiger charge is -2.24. The van der Waals surface area contributed by atoms with Crippen molar-refractivity contribution in [3.8, 4) is 0 Å². The number of pyridine rings is 1. The van der Waals surface area contributed by atoms with Gasteiger partial charge in [-0.25, -0.2) is 4.98 Å². The number of nitrogens with zero attached hydrogens (tertiary/aromatic N) is 1. The van der Waals surface area contributed by atoms with Gasteiger partial charge in [0.05, 0.1) is 17.8 Å². The van der Waals surface area contributed by atoms with Gasteiger partial charge in [-0.2, -0.15) is 0 Å². The number of nitrogen functional groups attached to an aromatic ring is 1. The summed E-state index contributed by atoms with van der Waals surface area (Å²) in [6.45, 7) is 5.46. The van der Waals surface area contributed by atoms with Gasteiger partial charge in [0, 0.05) is 30.0 Å². The number of anilines is 1. The zero-order valence-electron chi connectivity index (χ0n) is 16.8. The molecule has 6 heteroatoms. The van der Waals surface area contributed by atoms with E-state index in [4.69, 9.17) is 15.5 Å². The normalized spacial score (nSPS) is 15.2. The van der Waals surface area contributed by atoms with E-state index in [1.54, 1.807) is 6.08 Å². The number of aliphatic hydroxyl groups is 1. The Morgan fingerprint density at radius 2 is 2.07 bits per heavy atom. The second-order valence-electron chi connectivity index (χ2n) is 6.99. The number of nitrogens with two attached hydrogens (primary N) is 1. The summed E-state index contributed by atoms with van der Waals surface area (Å²) in [5, 5.41) is 11.1. The number of aromatic nitrogens is 1. The maximum atomic E-state index is 12.1. The predicted molar refractivity (Wildman–Crippen MR) is 111 cm³/mol. The number of ketones is 1. The lowest BCUT2D eigenvalue weighted by molar-refractivity contribution is -0.127. The van der Waals surface area contributed by atoms with Crippen molar-refractivity contribution in [3.05, 3.63) is 41.6 Å². The Kier molecular flexibility index (Phi) is 7.43. The molecule has 0 fully saturated rings. The molecule has 0 bridgehead atoms. The maximum absolute atomic E-state index is 12.1. The SMILES string of the molecule is CCc1cc2c(N)cccc2nc1/C(C)=C/C(C(O)C=O)C(COC)C(C)=O. The van der Waals surface area contributed by atoms with Crippen molar-refractivity contribution in [1.82, 2.24) is 4.98 Å². The summed E-state index contributed by atoms with van der Waals surface area (Å²) < 4.78 is 5.14. The Balaban J connectivity index is 2.59. The Labute approximate surface area is 165 Å². The van der Waals surface area contributed by atoms with Gasteiger partial charge >= 0.3 is 0 Å². The van der Waals surface area contributed by atoms with Crippen molar-refractivity contribution in [3.63, 3.8) is 0 Å². The van der Waals surface area contributed by atoms with Crippen LogP contribution in [0.2, 0.25) is 0 Å². The van der Waals surface area contributed by atoms with Gasteiger partial charge < -0.3 is 20.4 Å². The average Bonchev–Trinajstić information content (AvgIpc) is 2.69. The topological polar surface area (TPSA) is 103 Å². The van der Waals surface area contributed by atoms with Crippen LogP contribution in [0.25, 0.3) is 16.5 Å². The third kappa shape index (κ3) is 4.64. The average molecular weight is 384 g/mol.